The van der Waals surface area contributed by atoms with Gasteiger partial charge in [-0.15, -0.1) is 6.58 Å². The van der Waals surface area contributed by atoms with E-state index in [2.05, 4.69) is 10.9 Å². The summed E-state index contributed by atoms with van der Waals surface area (Å²) in [6, 6.07) is 0. The average Bonchev–Trinajstić information content (AvgIpc) is 2.06. The third-order valence-electron chi connectivity index (χ3n) is 1.50. The van der Waals surface area contributed by atoms with Crippen molar-refractivity contribution < 1.29 is 117 Å². The van der Waals surface area contributed by atoms with Gasteiger partial charge in [-0.3, -0.25) is 8.88 Å². The standard InChI is InChI=1S/C7H16O6P2S.3Na/c1-2-3-4-5-6-7-16-15(11,12)13-14(8,9)10;;;/h2H,1,3-7H2,(H,11,12)(H2,8,9,10);;;/q;3*+1/p-3. The summed E-state index contributed by atoms with van der Waals surface area (Å²) in [5.41, 5.74) is 0. The Morgan fingerprint density at radius 3 is 2.00 bits per heavy atom. The van der Waals surface area contributed by atoms with Crippen molar-refractivity contribution in [3.8, 4) is 0 Å². The average molecular weight is 356 g/mol. The summed E-state index contributed by atoms with van der Waals surface area (Å²) in [7, 11) is -5.46. The molecule has 0 saturated heterocycles. The van der Waals surface area contributed by atoms with Gasteiger partial charge >= 0.3 is 88.7 Å². The van der Waals surface area contributed by atoms with E-state index in [1.807, 2.05) is 0 Å². The maximum Gasteiger partial charge on any atom is 1.00 e. The van der Waals surface area contributed by atoms with E-state index in [0.29, 0.717) is 17.8 Å². The number of unbranched alkanes of at least 4 members (excludes halogenated alkanes) is 3. The summed E-state index contributed by atoms with van der Waals surface area (Å²) in [6.45, 7) is -1.07. The van der Waals surface area contributed by atoms with Crippen molar-refractivity contribution in [1.29, 1.82) is 0 Å². The minimum atomic E-state index is -5.46. The van der Waals surface area contributed by atoms with Crippen LogP contribution in [0.5, 0.6) is 0 Å². The van der Waals surface area contributed by atoms with Crippen molar-refractivity contribution in [1.82, 2.24) is 0 Å². The van der Waals surface area contributed by atoms with Crippen molar-refractivity contribution in [2.45, 2.75) is 25.7 Å². The SMILES string of the molecule is C=CCCCCCSP(=O)([O-])OP(=O)([O-])[O-].[Na+].[Na+].[Na+]. The second kappa shape index (κ2) is 16.3. The Morgan fingerprint density at radius 2 is 1.58 bits per heavy atom. The summed E-state index contributed by atoms with van der Waals surface area (Å²) in [4.78, 5) is 31.1. The molecule has 0 heterocycles. The molecule has 0 aliphatic heterocycles. The van der Waals surface area contributed by atoms with Gasteiger partial charge in [0.25, 0.3) is 0 Å². The minimum absolute atomic E-state index is 0. The number of phosphoric acid groups is 1. The molecule has 0 amide bonds. The van der Waals surface area contributed by atoms with E-state index in [9.17, 15) is 23.8 Å². The molecule has 0 aromatic carbocycles. The molecular formula is C7H13Na3O6P2S. The van der Waals surface area contributed by atoms with Crippen LogP contribution in [0.3, 0.4) is 0 Å². The molecule has 0 radical (unpaired) electrons. The zero-order chi connectivity index (χ0) is 12.7. The van der Waals surface area contributed by atoms with Gasteiger partial charge in [0.15, 0.2) is 6.80 Å². The maximum atomic E-state index is 10.9. The number of rotatable bonds is 9. The molecule has 0 rings (SSSR count). The fourth-order valence-electron chi connectivity index (χ4n) is 0.890. The quantitative estimate of drug-likeness (QED) is 0.175. The largest absolute Gasteiger partial charge is 1.00 e. The van der Waals surface area contributed by atoms with Gasteiger partial charge in [-0.1, -0.05) is 23.9 Å². The van der Waals surface area contributed by atoms with Crippen molar-refractivity contribution in [3.05, 3.63) is 12.7 Å². The molecule has 0 saturated carbocycles. The molecule has 6 nitrogen and oxygen atoms in total. The first kappa shape index (κ1) is 30.3. The van der Waals surface area contributed by atoms with E-state index in [1.54, 1.807) is 6.08 Å². The van der Waals surface area contributed by atoms with Crippen LogP contribution in [0.25, 0.3) is 0 Å². The Kier molecular flexibility index (Phi) is 25.9. The Bertz CT molecular complexity index is 313. The number of allylic oxidation sites excluding steroid dienone is 1. The van der Waals surface area contributed by atoms with Crippen molar-refractivity contribution in [2.24, 2.45) is 0 Å². The first-order valence-corrected chi connectivity index (χ1v) is 9.16. The van der Waals surface area contributed by atoms with Crippen LogP contribution in [0.15, 0.2) is 12.7 Å². The Balaban J connectivity index is -0.000000375. The van der Waals surface area contributed by atoms with E-state index in [4.69, 9.17) is 0 Å². The van der Waals surface area contributed by atoms with Gasteiger partial charge in [-0.25, -0.2) is 0 Å². The van der Waals surface area contributed by atoms with Gasteiger partial charge in [0, 0.05) is 5.75 Å². The number of hydrogen-bond acceptors (Lipinski definition) is 7. The van der Waals surface area contributed by atoms with Crippen LogP contribution in [0, 0.1) is 0 Å². The first-order chi connectivity index (χ1) is 7.27. The van der Waals surface area contributed by atoms with Crippen LogP contribution in [0.1, 0.15) is 25.7 Å². The van der Waals surface area contributed by atoms with Gasteiger partial charge in [0.1, 0.15) is 0 Å². The van der Waals surface area contributed by atoms with Gasteiger partial charge in [-0.05, 0) is 19.3 Å². The summed E-state index contributed by atoms with van der Waals surface area (Å²) in [5.74, 6) is 0.206. The molecule has 12 heteroatoms. The first-order valence-electron chi connectivity index (χ1n) is 4.57. The molecule has 1 unspecified atom stereocenters. The third kappa shape index (κ3) is 23.8. The predicted molar refractivity (Wildman–Crippen MR) is 57.4 cm³/mol. The Labute approximate surface area is 184 Å². The zero-order valence-electron chi connectivity index (χ0n) is 11.6. The summed E-state index contributed by atoms with van der Waals surface area (Å²) < 4.78 is 24.4. The van der Waals surface area contributed by atoms with Crippen LogP contribution in [-0.2, 0) is 13.4 Å². The molecule has 1 atom stereocenters. The molecular weight excluding hydrogens is 343 g/mol. The van der Waals surface area contributed by atoms with Crippen LogP contribution >= 0.6 is 26.0 Å². The van der Waals surface area contributed by atoms with Crippen molar-refractivity contribution in [3.63, 3.8) is 0 Å². The van der Waals surface area contributed by atoms with Crippen LogP contribution in [0.4, 0.5) is 0 Å². The fourth-order valence-corrected chi connectivity index (χ4v) is 4.83. The van der Waals surface area contributed by atoms with E-state index in [0.717, 1.165) is 19.3 Å². The molecule has 96 valence electrons. The molecule has 0 spiro atoms. The maximum absolute atomic E-state index is 10.9. The normalized spacial score (nSPS) is 13.2. The van der Waals surface area contributed by atoms with Gasteiger partial charge < -0.3 is 19.2 Å². The zero-order valence-corrected chi connectivity index (χ0v) is 20.2. The van der Waals surface area contributed by atoms with E-state index >= 15 is 0 Å². The van der Waals surface area contributed by atoms with Gasteiger partial charge in [0.05, 0.1) is 7.82 Å². The molecule has 0 fully saturated rings. The molecule has 0 aromatic heterocycles. The smallest absolute Gasteiger partial charge is 0.790 e. The van der Waals surface area contributed by atoms with Crippen LogP contribution < -0.4 is 103 Å². The molecule has 0 aliphatic rings. The van der Waals surface area contributed by atoms with Gasteiger partial charge in [0.2, 0.25) is 0 Å². The second-order valence-electron chi connectivity index (χ2n) is 2.95. The Morgan fingerprint density at radius 1 is 1.05 bits per heavy atom. The summed E-state index contributed by atoms with van der Waals surface area (Å²) in [5, 5.41) is 0. The van der Waals surface area contributed by atoms with Crippen LogP contribution in [-0.4, -0.2) is 5.75 Å². The summed E-state index contributed by atoms with van der Waals surface area (Å²) in [6.07, 6.45) is 4.93. The summed E-state index contributed by atoms with van der Waals surface area (Å²) >= 11 is 0.343. The fraction of sp³-hybridized carbons (Fsp3) is 0.714. The number of hydrogen-bond donors (Lipinski definition) is 0. The van der Waals surface area contributed by atoms with E-state index in [1.165, 1.54) is 0 Å². The molecule has 0 N–H and O–H groups in total. The van der Waals surface area contributed by atoms with Crippen molar-refractivity contribution >= 4 is 26.0 Å². The van der Waals surface area contributed by atoms with Crippen molar-refractivity contribution in [2.75, 3.05) is 5.75 Å². The topological polar surface area (TPSA) is 113 Å². The molecule has 19 heavy (non-hydrogen) atoms. The molecule has 0 aromatic rings. The predicted octanol–water partition coefficient (Wildman–Crippen LogP) is -8.21. The molecule has 0 bridgehead atoms. The third-order valence-corrected chi connectivity index (χ3v) is 5.99. The molecule has 0 aliphatic carbocycles. The van der Waals surface area contributed by atoms with Gasteiger partial charge in [-0.2, -0.15) is 0 Å². The Hall–Kier alpha value is 3.39. The minimum Gasteiger partial charge on any atom is -0.790 e. The monoisotopic (exact) mass is 356 g/mol. The van der Waals surface area contributed by atoms with Crippen LogP contribution in [0.2, 0.25) is 0 Å². The van der Waals surface area contributed by atoms with E-state index < -0.39 is 14.6 Å². The second-order valence-corrected chi connectivity index (χ2v) is 8.17. The van der Waals surface area contributed by atoms with E-state index in [-0.39, 0.29) is 94.4 Å².